The molecule has 21 heavy (non-hydrogen) atoms. The van der Waals surface area contributed by atoms with Crippen molar-refractivity contribution in [1.29, 1.82) is 0 Å². The normalized spacial score (nSPS) is 21.2. The minimum Gasteiger partial charge on any atom is -0.481 e. The van der Waals surface area contributed by atoms with Gasteiger partial charge in [-0.1, -0.05) is 25.1 Å². The lowest BCUT2D eigenvalue weighted by Gasteiger charge is -2.36. The third kappa shape index (κ3) is 4.31. The average Bonchev–Trinajstić information content (AvgIpc) is 2.43. The van der Waals surface area contributed by atoms with Crippen LogP contribution in [0.4, 0.5) is 0 Å². The highest BCUT2D eigenvalue weighted by Gasteiger charge is 2.26. The maximum absolute atomic E-state index is 10.9. The van der Waals surface area contributed by atoms with Gasteiger partial charge in [0.15, 0.2) is 0 Å². The standard InChI is InChI=1S/C18H27NO2/c1-13-6-4-7-14(2)17(13)12-19-9-5-8-16(11-19)15(3)10-18(20)21/h4,6-7,15-16H,5,8-12H2,1-3H3,(H,20,21). The van der Waals surface area contributed by atoms with Gasteiger partial charge in [0.2, 0.25) is 0 Å². The summed E-state index contributed by atoms with van der Waals surface area (Å²) in [5.41, 5.74) is 4.15. The number of benzene rings is 1. The molecule has 1 saturated heterocycles. The summed E-state index contributed by atoms with van der Waals surface area (Å²) in [6, 6.07) is 6.47. The molecule has 1 aliphatic heterocycles. The Kier molecular flexibility index (Phi) is 5.40. The molecule has 2 unspecified atom stereocenters. The summed E-state index contributed by atoms with van der Waals surface area (Å²) in [5.74, 6) is 0.108. The van der Waals surface area contributed by atoms with Crippen molar-refractivity contribution in [3.63, 3.8) is 0 Å². The fourth-order valence-corrected chi connectivity index (χ4v) is 3.46. The van der Waals surface area contributed by atoms with Crippen molar-refractivity contribution in [3.05, 3.63) is 34.9 Å². The smallest absolute Gasteiger partial charge is 0.303 e. The van der Waals surface area contributed by atoms with Crippen molar-refractivity contribution in [2.45, 2.75) is 46.6 Å². The molecule has 0 saturated carbocycles. The van der Waals surface area contributed by atoms with Gasteiger partial charge in [-0.25, -0.2) is 0 Å². The molecule has 2 rings (SSSR count). The first-order valence-electron chi connectivity index (χ1n) is 7.96. The van der Waals surface area contributed by atoms with Gasteiger partial charge in [0, 0.05) is 19.5 Å². The topological polar surface area (TPSA) is 40.5 Å². The van der Waals surface area contributed by atoms with Crippen LogP contribution in [0.25, 0.3) is 0 Å². The first kappa shape index (κ1) is 16.0. The monoisotopic (exact) mass is 289 g/mol. The van der Waals surface area contributed by atoms with Gasteiger partial charge in [0.25, 0.3) is 0 Å². The zero-order chi connectivity index (χ0) is 15.4. The second kappa shape index (κ2) is 7.08. The SMILES string of the molecule is Cc1cccc(C)c1CN1CCCC(C(C)CC(=O)O)C1. The summed E-state index contributed by atoms with van der Waals surface area (Å²) in [6.07, 6.45) is 2.64. The predicted molar refractivity (Wildman–Crippen MR) is 85.3 cm³/mol. The van der Waals surface area contributed by atoms with Crippen LogP contribution >= 0.6 is 0 Å². The fourth-order valence-electron chi connectivity index (χ4n) is 3.46. The zero-order valence-electron chi connectivity index (χ0n) is 13.4. The first-order chi connectivity index (χ1) is 9.97. The van der Waals surface area contributed by atoms with E-state index < -0.39 is 5.97 Å². The molecule has 0 aromatic heterocycles. The molecule has 1 aliphatic rings. The Morgan fingerprint density at radius 1 is 1.38 bits per heavy atom. The Balaban J connectivity index is 2.00. The number of hydrogen-bond acceptors (Lipinski definition) is 2. The van der Waals surface area contributed by atoms with Crippen LogP contribution in [0, 0.1) is 25.7 Å². The molecule has 1 aromatic rings. The van der Waals surface area contributed by atoms with Crippen LogP contribution < -0.4 is 0 Å². The van der Waals surface area contributed by atoms with Gasteiger partial charge in [-0.3, -0.25) is 9.69 Å². The van der Waals surface area contributed by atoms with E-state index in [0.29, 0.717) is 12.3 Å². The Morgan fingerprint density at radius 3 is 2.67 bits per heavy atom. The van der Waals surface area contributed by atoms with Crippen LogP contribution in [0.1, 0.15) is 42.9 Å². The number of likely N-dealkylation sites (tertiary alicyclic amines) is 1. The molecule has 3 heteroatoms. The minimum atomic E-state index is -0.672. The number of piperidine rings is 1. The van der Waals surface area contributed by atoms with E-state index in [9.17, 15) is 4.79 Å². The summed E-state index contributed by atoms with van der Waals surface area (Å²) in [5, 5.41) is 8.97. The number of aryl methyl sites for hydroxylation is 2. The van der Waals surface area contributed by atoms with E-state index >= 15 is 0 Å². The third-order valence-corrected chi connectivity index (χ3v) is 4.87. The lowest BCUT2D eigenvalue weighted by molar-refractivity contribution is -0.138. The molecule has 1 N–H and O–H groups in total. The quantitative estimate of drug-likeness (QED) is 0.900. The molecular formula is C18H27NO2. The van der Waals surface area contributed by atoms with Gasteiger partial charge in [-0.15, -0.1) is 0 Å². The summed E-state index contributed by atoms with van der Waals surface area (Å²) < 4.78 is 0. The van der Waals surface area contributed by atoms with E-state index in [1.807, 2.05) is 0 Å². The fraction of sp³-hybridized carbons (Fsp3) is 0.611. The van der Waals surface area contributed by atoms with Crippen LogP contribution in [-0.4, -0.2) is 29.1 Å². The Bertz CT molecular complexity index is 478. The van der Waals surface area contributed by atoms with Crippen molar-refractivity contribution in [2.24, 2.45) is 11.8 Å². The van der Waals surface area contributed by atoms with Gasteiger partial charge in [0.05, 0.1) is 0 Å². The van der Waals surface area contributed by atoms with Crippen molar-refractivity contribution < 1.29 is 9.90 Å². The van der Waals surface area contributed by atoms with E-state index in [0.717, 1.165) is 26.1 Å². The second-order valence-electron chi connectivity index (χ2n) is 6.58. The van der Waals surface area contributed by atoms with Gasteiger partial charge in [-0.05, 0) is 61.8 Å². The van der Waals surface area contributed by atoms with Crippen molar-refractivity contribution in [3.8, 4) is 0 Å². The molecule has 0 aliphatic carbocycles. The molecule has 3 nitrogen and oxygen atoms in total. The highest BCUT2D eigenvalue weighted by molar-refractivity contribution is 5.67. The number of hydrogen-bond donors (Lipinski definition) is 1. The Morgan fingerprint density at radius 2 is 2.05 bits per heavy atom. The number of carboxylic acids is 1. The van der Waals surface area contributed by atoms with E-state index in [1.165, 1.54) is 23.1 Å². The van der Waals surface area contributed by atoms with Crippen LogP contribution in [0.3, 0.4) is 0 Å². The summed E-state index contributed by atoms with van der Waals surface area (Å²) in [4.78, 5) is 13.4. The van der Waals surface area contributed by atoms with E-state index in [4.69, 9.17) is 5.11 Å². The van der Waals surface area contributed by atoms with Crippen LogP contribution in [0.15, 0.2) is 18.2 Å². The van der Waals surface area contributed by atoms with Crippen molar-refractivity contribution in [1.82, 2.24) is 4.90 Å². The second-order valence-corrected chi connectivity index (χ2v) is 6.58. The minimum absolute atomic E-state index is 0.267. The van der Waals surface area contributed by atoms with E-state index in [-0.39, 0.29) is 5.92 Å². The molecule has 116 valence electrons. The molecule has 0 bridgehead atoms. The molecule has 1 aromatic carbocycles. The van der Waals surface area contributed by atoms with Crippen LogP contribution in [-0.2, 0) is 11.3 Å². The third-order valence-electron chi connectivity index (χ3n) is 4.87. The van der Waals surface area contributed by atoms with Crippen molar-refractivity contribution >= 4 is 5.97 Å². The zero-order valence-corrected chi connectivity index (χ0v) is 13.4. The van der Waals surface area contributed by atoms with E-state index in [2.05, 4.69) is 43.9 Å². The summed E-state index contributed by atoms with van der Waals surface area (Å²) in [7, 11) is 0. The maximum atomic E-state index is 10.9. The number of aliphatic carboxylic acids is 1. The molecule has 0 amide bonds. The highest BCUT2D eigenvalue weighted by Crippen LogP contribution is 2.28. The molecule has 1 fully saturated rings. The number of carbonyl (C=O) groups is 1. The Labute approximate surface area is 128 Å². The Hall–Kier alpha value is -1.35. The largest absolute Gasteiger partial charge is 0.481 e. The van der Waals surface area contributed by atoms with E-state index in [1.54, 1.807) is 0 Å². The highest BCUT2D eigenvalue weighted by atomic mass is 16.4. The average molecular weight is 289 g/mol. The lowest BCUT2D eigenvalue weighted by Crippen LogP contribution is -2.38. The predicted octanol–water partition coefficient (Wildman–Crippen LogP) is 3.63. The van der Waals surface area contributed by atoms with Gasteiger partial charge < -0.3 is 5.11 Å². The molecule has 2 atom stereocenters. The maximum Gasteiger partial charge on any atom is 0.303 e. The summed E-state index contributed by atoms with van der Waals surface area (Å²) in [6.45, 7) is 9.59. The first-order valence-corrected chi connectivity index (χ1v) is 7.96. The van der Waals surface area contributed by atoms with Gasteiger partial charge >= 0.3 is 5.97 Å². The molecule has 0 radical (unpaired) electrons. The molecule has 1 heterocycles. The van der Waals surface area contributed by atoms with Gasteiger partial charge in [-0.2, -0.15) is 0 Å². The van der Waals surface area contributed by atoms with Crippen molar-refractivity contribution in [2.75, 3.05) is 13.1 Å². The van der Waals surface area contributed by atoms with Gasteiger partial charge in [0.1, 0.15) is 0 Å². The number of nitrogens with zero attached hydrogens (tertiary/aromatic N) is 1. The molecular weight excluding hydrogens is 262 g/mol. The lowest BCUT2D eigenvalue weighted by atomic mass is 9.84. The number of carboxylic acid groups (broad SMARTS) is 1. The molecule has 0 spiro atoms. The summed E-state index contributed by atoms with van der Waals surface area (Å²) >= 11 is 0. The van der Waals surface area contributed by atoms with Crippen LogP contribution in [0.2, 0.25) is 0 Å². The number of rotatable bonds is 5. The van der Waals surface area contributed by atoms with Crippen LogP contribution in [0.5, 0.6) is 0 Å².